The zero-order chi connectivity index (χ0) is 19.2. The number of thiazole rings is 1. The molecule has 7 nitrogen and oxygen atoms in total. The molecule has 0 saturated heterocycles. The Hall–Kier alpha value is -1.67. The number of aliphatic hydroxyl groups excluding tert-OH is 1. The number of amides is 1. The topological polar surface area (TPSA) is 97.8 Å². The standard InChI is InChI=1S/C17H28N2O5S/c1-7-23-15(21)12-9-25-14(18-12)13(20)8-11(10(2)3)19-16(22)24-17(4,5)6/h9-11,13,20H,7-8H2,1-6H3,(H,19,22)/t11-,13?/m1/s1. The Labute approximate surface area is 152 Å². The fourth-order valence-corrected chi connectivity index (χ4v) is 2.82. The van der Waals surface area contributed by atoms with Crippen molar-refractivity contribution in [1.29, 1.82) is 0 Å². The van der Waals surface area contributed by atoms with E-state index in [2.05, 4.69) is 10.3 Å². The Morgan fingerprint density at radius 3 is 2.52 bits per heavy atom. The van der Waals surface area contributed by atoms with E-state index in [4.69, 9.17) is 9.47 Å². The lowest BCUT2D eigenvalue weighted by Crippen LogP contribution is -2.42. The Kier molecular flexibility index (Phi) is 7.82. The van der Waals surface area contributed by atoms with Gasteiger partial charge in [-0.3, -0.25) is 0 Å². The van der Waals surface area contributed by atoms with E-state index in [-0.39, 0.29) is 30.7 Å². The summed E-state index contributed by atoms with van der Waals surface area (Å²) in [5, 5.41) is 15.2. The highest BCUT2D eigenvalue weighted by Gasteiger charge is 2.26. The molecule has 1 unspecified atom stereocenters. The van der Waals surface area contributed by atoms with Crippen molar-refractivity contribution in [3.63, 3.8) is 0 Å². The van der Waals surface area contributed by atoms with Crippen molar-refractivity contribution in [3.8, 4) is 0 Å². The van der Waals surface area contributed by atoms with Gasteiger partial charge >= 0.3 is 12.1 Å². The number of alkyl carbamates (subject to hydrolysis) is 1. The van der Waals surface area contributed by atoms with Gasteiger partial charge in [0.25, 0.3) is 0 Å². The average molecular weight is 372 g/mol. The van der Waals surface area contributed by atoms with Crippen molar-refractivity contribution in [2.24, 2.45) is 5.92 Å². The molecule has 0 aromatic carbocycles. The maximum absolute atomic E-state index is 12.0. The van der Waals surface area contributed by atoms with Gasteiger partial charge in [0.15, 0.2) is 5.69 Å². The number of esters is 1. The molecule has 0 bridgehead atoms. The van der Waals surface area contributed by atoms with Gasteiger partial charge < -0.3 is 19.9 Å². The monoisotopic (exact) mass is 372 g/mol. The highest BCUT2D eigenvalue weighted by atomic mass is 32.1. The fraction of sp³-hybridized carbons (Fsp3) is 0.706. The van der Waals surface area contributed by atoms with Crippen LogP contribution in [-0.4, -0.2) is 40.4 Å². The van der Waals surface area contributed by atoms with E-state index in [0.717, 1.165) is 0 Å². The predicted molar refractivity (Wildman–Crippen MR) is 95.6 cm³/mol. The molecule has 1 heterocycles. The van der Waals surface area contributed by atoms with Gasteiger partial charge in [0.2, 0.25) is 0 Å². The number of nitrogens with zero attached hydrogens (tertiary/aromatic N) is 1. The van der Waals surface area contributed by atoms with Crippen LogP contribution in [0.2, 0.25) is 0 Å². The molecule has 0 aliphatic rings. The van der Waals surface area contributed by atoms with Crippen molar-refractivity contribution in [2.45, 2.75) is 65.7 Å². The van der Waals surface area contributed by atoms with Gasteiger partial charge in [-0.05, 0) is 33.6 Å². The van der Waals surface area contributed by atoms with Gasteiger partial charge in [-0.25, -0.2) is 14.6 Å². The van der Waals surface area contributed by atoms with Crippen LogP contribution >= 0.6 is 11.3 Å². The molecule has 0 radical (unpaired) electrons. The Balaban J connectivity index is 2.72. The first-order chi connectivity index (χ1) is 11.5. The lowest BCUT2D eigenvalue weighted by Gasteiger charge is -2.26. The molecule has 0 aliphatic carbocycles. The summed E-state index contributed by atoms with van der Waals surface area (Å²) in [7, 11) is 0. The van der Waals surface area contributed by atoms with Gasteiger partial charge in [-0.1, -0.05) is 13.8 Å². The SMILES string of the molecule is CCOC(=O)c1csc(C(O)C[C@@H](NC(=O)OC(C)(C)C)C(C)C)n1. The zero-order valence-corrected chi connectivity index (χ0v) is 16.5. The minimum atomic E-state index is -0.893. The molecule has 2 N–H and O–H groups in total. The molecule has 142 valence electrons. The second-order valence-corrected chi connectivity index (χ2v) is 7.93. The Morgan fingerprint density at radius 2 is 2.00 bits per heavy atom. The molecule has 0 saturated carbocycles. The number of aromatic nitrogens is 1. The molecule has 1 aromatic heterocycles. The molecule has 0 fully saturated rings. The number of hydrogen-bond acceptors (Lipinski definition) is 7. The predicted octanol–water partition coefficient (Wildman–Crippen LogP) is 3.29. The molecular formula is C17H28N2O5S. The van der Waals surface area contributed by atoms with E-state index < -0.39 is 23.8 Å². The van der Waals surface area contributed by atoms with Gasteiger partial charge in [-0.2, -0.15) is 0 Å². The highest BCUT2D eigenvalue weighted by Crippen LogP contribution is 2.25. The van der Waals surface area contributed by atoms with E-state index in [1.165, 1.54) is 11.3 Å². The second kappa shape index (κ2) is 9.15. The first-order valence-corrected chi connectivity index (χ1v) is 9.21. The summed E-state index contributed by atoms with van der Waals surface area (Å²) in [6, 6.07) is -0.292. The van der Waals surface area contributed by atoms with Crippen molar-refractivity contribution in [2.75, 3.05) is 6.61 Å². The Bertz CT molecular complexity index is 580. The van der Waals surface area contributed by atoms with E-state index >= 15 is 0 Å². The lowest BCUT2D eigenvalue weighted by molar-refractivity contribution is 0.0461. The smallest absolute Gasteiger partial charge is 0.407 e. The lowest BCUT2D eigenvalue weighted by atomic mass is 9.98. The van der Waals surface area contributed by atoms with Crippen LogP contribution in [0.4, 0.5) is 4.79 Å². The van der Waals surface area contributed by atoms with Crippen molar-refractivity contribution in [1.82, 2.24) is 10.3 Å². The number of aliphatic hydroxyl groups is 1. The van der Waals surface area contributed by atoms with Gasteiger partial charge in [0.1, 0.15) is 16.7 Å². The molecule has 8 heteroatoms. The van der Waals surface area contributed by atoms with Crippen LogP contribution < -0.4 is 5.32 Å². The Morgan fingerprint density at radius 1 is 1.36 bits per heavy atom. The molecule has 25 heavy (non-hydrogen) atoms. The largest absolute Gasteiger partial charge is 0.461 e. The summed E-state index contributed by atoms with van der Waals surface area (Å²) >= 11 is 1.19. The quantitative estimate of drug-likeness (QED) is 0.713. The molecule has 1 rings (SSSR count). The zero-order valence-electron chi connectivity index (χ0n) is 15.7. The molecule has 2 atom stereocenters. The summed E-state index contributed by atoms with van der Waals surface area (Å²) in [5.74, 6) is -0.420. The molecule has 0 spiro atoms. The van der Waals surface area contributed by atoms with Crippen LogP contribution in [0.15, 0.2) is 5.38 Å². The van der Waals surface area contributed by atoms with E-state index in [1.807, 2.05) is 13.8 Å². The highest BCUT2D eigenvalue weighted by molar-refractivity contribution is 7.09. The molecule has 0 aliphatic heterocycles. The normalized spacial score (nSPS) is 14.1. The third-order valence-electron chi connectivity index (χ3n) is 3.28. The summed E-state index contributed by atoms with van der Waals surface area (Å²) in [5.41, 5.74) is -0.407. The van der Waals surface area contributed by atoms with E-state index in [0.29, 0.717) is 5.01 Å². The minimum absolute atomic E-state index is 0.0895. The van der Waals surface area contributed by atoms with Gasteiger partial charge in [0, 0.05) is 17.8 Å². The van der Waals surface area contributed by atoms with Crippen molar-refractivity contribution >= 4 is 23.4 Å². The average Bonchev–Trinajstić information content (AvgIpc) is 2.94. The summed E-state index contributed by atoms with van der Waals surface area (Å²) in [6.45, 7) is 11.2. The number of rotatable bonds is 7. The number of carbonyl (C=O) groups is 2. The van der Waals surface area contributed by atoms with Crippen LogP contribution in [-0.2, 0) is 9.47 Å². The first-order valence-electron chi connectivity index (χ1n) is 8.33. The maximum atomic E-state index is 12.0. The van der Waals surface area contributed by atoms with Crippen molar-refractivity contribution in [3.05, 3.63) is 16.1 Å². The molecule has 1 aromatic rings. The van der Waals surface area contributed by atoms with Gasteiger partial charge in [-0.15, -0.1) is 11.3 Å². The number of nitrogens with one attached hydrogen (secondary N) is 1. The third-order valence-corrected chi connectivity index (χ3v) is 4.22. The summed E-state index contributed by atoms with van der Waals surface area (Å²) in [4.78, 5) is 27.8. The fourth-order valence-electron chi connectivity index (χ4n) is 2.04. The van der Waals surface area contributed by atoms with Crippen LogP contribution in [0.5, 0.6) is 0 Å². The third kappa shape index (κ3) is 7.39. The molecular weight excluding hydrogens is 344 g/mol. The summed E-state index contributed by atoms with van der Waals surface area (Å²) in [6.07, 6.45) is -1.15. The van der Waals surface area contributed by atoms with Gasteiger partial charge in [0.05, 0.1) is 6.61 Å². The van der Waals surface area contributed by atoms with E-state index in [1.54, 1.807) is 33.1 Å². The second-order valence-electron chi connectivity index (χ2n) is 7.04. The molecule has 1 amide bonds. The summed E-state index contributed by atoms with van der Waals surface area (Å²) < 4.78 is 10.2. The van der Waals surface area contributed by atoms with Crippen LogP contribution in [0.3, 0.4) is 0 Å². The van der Waals surface area contributed by atoms with E-state index in [9.17, 15) is 14.7 Å². The number of hydrogen-bond donors (Lipinski definition) is 2. The number of ether oxygens (including phenoxy) is 2. The number of carbonyl (C=O) groups excluding carboxylic acids is 2. The van der Waals surface area contributed by atoms with Crippen LogP contribution in [0, 0.1) is 5.92 Å². The van der Waals surface area contributed by atoms with Crippen LogP contribution in [0.1, 0.15) is 69.6 Å². The minimum Gasteiger partial charge on any atom is -0.461 e. The first kappa shape index (κ1) is 21.4. The van der Waals surface area contributed by atoms with Crippen molar-refractivity contribution < 1.29 is 24.2 Å². The van der Waals surface area contributed by atoms with Crippen LogP contribution in [0.25, 0.3) is 0 Å². The maximum Gasteiger partial charge on any atom is 0.407 e.